The lowest BCUT2D eigenvalue weighted by Gasteiger charge is -2.17. The van der Waals surface area contributed by atoms with Crippen LogP contribution in [0, 0.1) is 9.39 Å². The Morgan fingerprint density at radius 3 is 2.58 bits per heavy atom. The third-order valence-corrected chi connectivity index (χ3v) is 3.05. The van der Waals surface area contributed by atoms with Crippen molar-refractivity contribution in [3.05, 3.63) is 27.6 Å². The van der Waals surface area contributed by atoms with Crippen molar-refractivity contribution >= 4 is 34.2 Å². The fourth-order valence-corrected chi connectivity index (χ4v) is 1.88. The second kappa shape index (κ2) is 6.40. The zero-order chi connectivity index (χ0) is 14.6. The largest absolute Gasteiger partial charge is 0.405 e. The Bertz CT molecular complexity index is 464. The van der Waals surface area contributed by atoms with Crippen LogP contribution in [0.4, 0.5) is 23.2 Å². The van der Waals surface area contributed by atoms with Gasteiger partial charge in [0.1, 0.15) is 18.4 Å². The molecule has 1 amide bonds. The maximum atomic E-state index is 12.9. The number of benzene rings is 1. The van der Waals surface area contributed by atoms with Crippen molar-refractivity contribution in [2.75, 3.05) is 11.9 Å². The van der Waals surface area contributed by atoms with Crippen LogP contribution in [-0.4, -0.2) is 24.7 Å². The summed E-state index contributed by atoms with van der Waals surface area (Å²) < 4.78 is 49.2. The normalized spacial score (nSPS) is 12.9. The van der Waals surface area contributed by atoms with Crippen molar-refractivity contribution in [2.45, 2.75) is 19.1 Å². The average Bonchev–Trinajstić information content (AvgIpc) is 2.28. The van der Waals surface area contributed by atoms with E-state index in [4.69, 9.17) is 0 Å². The number of nitrogens with one attached hydrogen (secondary N) is 2. The molecule has 0 aliphatic carbocycles. The summed E-state index contributed by atoms with van der Waals surface area (Å²) in [5, 5.41) is 4.49. The summed E-state index contributed by atoms with van der Waals surface area (Å²) >= 11 is 1.86. The highest BCUT2D eigenvalue weighted by molar-refractivity contribution is 14.1. The Morgan fingerprint density at radius 1 is 1.42 bits per heavy atom. The quantitative estimate of drug-likeness (QED) is 0.614. The van der Waals surface area contributed by atoms with E-state index in [-0.39, 0.29) is 0 Å². The van der Waals surface area contributed by atoms with Crippen molar-refractivity contribution < 1.29 is 22.4 Å². The van der Waals surface area contributed by atoms with E-state index in [2.05, 4.69) is 5.32 Å². The molecule has 19 heavy (non-hydrogen) atoms. The van der Waals surface area contributed by atoms with E-state index in [1.807, 2.05) is 22.6 Å². The van der Waals surface area contributed by atoms with Crippen LogP contribution in [0.1, 0.15) is 6.92 Å². The molecule has 0 saturated carbocycles. The molecule has 1 unspecified atom stereocenters. The molecular formula is C11H11F4IN2O. The van der Waals surface area contributed by atoms with Gasteiger partial charge in [-0.15, -0.1) is 0 Å². The van der Waals surface area contributed by atoms with Gasteiger partial charge >= 0.3 is 6.18 Å². The number of anilines is 1. The number of rotatable bonds is 4. The summed E-state index contributed by atoms with van der Waals surface area (Å²) in [6, 6.07) is 3.01. The lowest BCUT2D eigenvalue weighted by molar-refractivity contribution is -0.138. The minimum atomic E-state index is -4.44. The number of hydrogen-bond donors (Lipinski definition) is 2. The average molecular weight is 390 g/mol. The van der Waals surface area contributed by atoms with E-state index >= 15 is 0 Å². The van der Waals surface area contributed by atoms with Crippen molar-refractivity contribution in [1.29, 1.82) is 0 Å². The van der Waals surface area contributed by atoms with Gasteiger partial charge in [-0.3, -0.25) is 4.79 Å². The van der Waals surface area contributed by atoms with Crippen LogP contribution in [-0.2, 0) is 4.79 Å². The molecular weight excluding hydrogens is 379 g/mol. The van der Waals surface area contributed by atoms with E-state index in [0.717, 1.165) is 0 Å². The van der Waals surface area contributed by atoms with Crippen LogP contribution in [0.15, 0.2) is 18.2 Å². The molecule has 0 aliphatic rings. The van der Waals surface area contributed by atoms with Crippen LogP contribution in [0.3, 0.4) is 0 Å². The monoisotopic (exact) mass is 390 g/mol. The predicted molar refractivity (Wildman–Crippen MR) is 71.3 cm³/mol. The fraction of sp³-hybridized carbons (Fsp3) is 0.364. The first-order chi connectivity index (χ1) is 8.69. The van der Waals surface area contributed by atoms with Crippen LogP contribution < -0.4 is 10.6 Å². The molecule has 0 fully saturated rings. The molecule has 0 heterocycles. The van der Waals surface area contributed by atoms with Crippen LogP contribution in [0.5, 0.6) is 0 Å². The molecule has 1 rings (SSSR count). The SMILES string of the molecule is CC(Nc1ccc(F)cc1I)C(=O)NCC(F)(F)F. The first kappa shape index (κ1) is 16.0. The number of alkyl halides is 3. The molecule has 0 radical (unpaired) electrons. The second-order valence-electron chi connectivity index (χ2n) is 3.82. The lowest BCUT2D eigenvalue weighted by Crippen LogP contribution is -2.42. The second-order valence-corrected chi connectivity index (χ2v) is 4.99. The summed E-state index contributed by atoms with van der Waals surface area (Å²) in [5.41, 5.74) is 0.483. The zero-order valence-corrected chi connectivity index (χ0v) is 12.0. The number of carbonyl (C=O) groups excluding carboxylic acids is 1. The fourth-order valence-electron chi connectivity index (χ4n) is 1.25. The Balaban J connectivity index is 2.59. The first-order valence-corrected chi connectivity index (χ1v) is 6.33. The van der Waals surface area contributed by atoms with Crippen molar-refractivity contribution in [2.24, 2.45) is 0 Å². The molecule has 2 N–H and O–H groups in total. The van der Waals surface area contributed by atoms with Crippen molar-refractivity contribution in [3.8, 4) is 0 Å². The van der Waals surface area contributed by atoms with Gasteiger partial charge in [0.15, 0.2) is 0 Å². The topological polar surface area (TPSA) is 41.1 Å². The molecule has 0 saturated heterocycles. The molecule has 0 bridgehead atoms. The summed E-state index contributed by atoms with van der Waals surface area (Å²) in [6.07, 6.45) is -4.44. The summed E-state index contributed by atoms with van der Waals surface area (Å²) in [7, 11) is 0. The Labute approximate surface area is 120 Å². The highest BCUT2D eigenvalue weighted by Gasteiger charge is 2.28. The zero-order valence-electron chi connectivity index (χ0n) is 9.81. The minimum Gasteiger partial charge on any atom is -0.373 e. The first-order valence-electron chi connectivity index (χ1n) is 5.25. The highest BCUT2D eigenvalue weighted by atomic mass is 127. The highest BCUT2D eigenvalue weighted by Crippen LogP contribution is 2.20. The molecule has 3 nitrogen and oxygen atoms in total. The van der Waals surface area contributed by atoms with Crippen LogP contribution in [0.2, 0.25) is 0 Å². The van der Waals surface area contributed by atoms with E-state index in [1.165, 1.54) is 25.1 Å². The van der Waals surface area contributed by atoms with Crippen molar-refractivity contribution in [1.82, 2.24) is 5.32 Å². The number of amides is 1. The molecule has 1 aromatic rings. The molecule has 0 aromatic heterocycles. The Hall–Kier alpha value is -1.06. The number of carbonyl (C=O) groups is 1. The maximum absolute atomic E-state index is 12.9. The molecule has 0 aliphatic heterocycles. The summed E-state index contributed by atoms with van der Waals surface area (Å²) in [6.45, 7) is 0.0451. The van der Waals surface area contributed by atoms with Gasteiger partial charge in [0.25, 0.3) is 0 Å². The third kappa shape index (κ3) is 5.62. The van der Waals surface area contributed by atoms with E-state index in [1.54, 1.807) is 5.32 Å². The number of hydrogen-bond acceptors (Lipinski definition) is 2. The lowest BCUT2D eigenvalue weighted by atomic mass is 10.2. The molecule has 1 aromatic carbocycles. The van der Waals surface area contributed by atoms with Crippen LogP contribution in [0.25, 0.3) is 0 Å². The van der Waals surface area contributed by atoms with E-state index < -0.39 is 30.5 Å². The van der Waals surface area contributed by atoms with Crippen LogP contribution >= 0.6 is 22.6 Å². The van der Waals surface area contributed by atoms with Gasteiger partial charge in [0.2, 0.25) is 5.91 Å². The van der Waals surface area contributed by atoms with Gasteiger partial charge in [0, 0.05) is 9.26 Å². The Kier molecular flexibility index (Phi) is 5.39. The third-order valence-electron chi connectivity index (χ3n) is 2.16. The maximum Gasteiger partial charge on any atom is 0.405 e. The van der Waals surface area contributed by atoms with E-state index in [0.29, 0.717) is 9.26 Å². The Morgan fingerprint density at radius 2 is 2.05 bits per heavy atom. The van der Waals surface area contributed by atoms with Gasteiger partial charge in [-0.25, -0.2) is 4.39 Å². The van der Waals surface area contributed by atoms with Gasteiger partial charge < -0.3 is 10.6 Å². The molecule has 0 spiro atoms. The minimum absolute atomic E-state index is 0.427. The van der Waals surface area contributed by atoms with Gasteiger partial charge in [0.05, 0.1) is 0 Å². The van der Waals surface area contributed by atoms with Gasteiger partial charge in [-0.1, -0.05) is 0 Å². The number of halogens is 5. The van der Waals surface area contributed by atoms with Crippen molar-refractivity contribution in [3.63, 3.8) is 0 Å². The predicted octanol–water partition coefficient (Wildman–Crippen LogP) is 2.91. The standard InChI is InChI=1S/C11H11F4IN2O/c1-6(10(19)17-5-11(13,14)15)18-9-3-2-7(12)4-8(9)16/h2-4,6,18H,5H2,1H3,(H,17,19). The molecule has 8 heteroatoms. The summed E-state index contributed by atoms with van der Waals surface area (Å²) in [5.74, 6) is -1.21. The summed E-state index contributed by atoms with van der Waals surface area (Å²) in [4.78, 5) is 11.4. The smallest absolute Gasteiger partial charge is 0.373 e. The van der Waals surface area contributed by atoms with Gasteiger partial charge in [-0.2, -0.15) is 13.2 Å². The van der Waals surface area contributed by atoms with E-state index in [9.17, 15) is 22.4 Å². The van der Waals surface area contributed by atoms with Gasteiger partial charge in [-0.05, 0) is 47.7 Å². The molecule has 106 valence electrons. The molecule has 1 atom stereocenters.